The first-order valence-corrected chi connectivity index (χ1v) is 7.42. The molecule has 1 amide bonds. The highest BCUT2D eigenvalue weighted by atomic mass is 35.5. The Balaban J connectivity index is 1.96. The van der Waals surface area contributed by atoms with Gasteiger partial charge in [0.25, 0.3) is 5.91 Å². The molecule has 1 heterocycles. The van der Waals surface area contributed by atoms with Crippen LogP contribution in [0.25, 0.3) is 0 Å². The van der Waals surface area contributed by atoms with Crippen LogP contribution < -0.4 is 10.6 Å². The van der Waals surface area contributed by atoms with Crippen molar-refractivity contribution in [1.29, 1.82) is 0 Å². The van der Waals surface area contributed by atoms with Gasteiger partial charge in [-0.15, -0.1) is 0 Å². The molecule has 0 aromatic heterocycles. The van der Waals surface area contributed by atoms with E-state index in [0.29, 0.717) is 16.5 Å². The van der Waals surface area contributed by atoms with Crippen molar-refractivity contribution in [3.63, 3.8) is 0 Å². The number of nitrogens with one attached hydrogen (secondary N) is 2. The molecule has 1 aromatic rings. The highest BCUT2D eigenvalue weighted by Gasteiger charge is 2.17. The SMILES string of the molecule is CNC(=O)c1ccc(Cl)c(NCC2CCN(C)CC2)c1. The van der Waals surface area contributed by atoms with E-state index >= 15 is 0 Å². The van der Waals surface area contributed by atoms with Gasteiger partial charge in [0.05, 0.1) is 10.7 Å². The Bertz CT molecular complexity index is 470. The van der Waals surface area contributed by atoms with E-state index in [4.69, 9.17) is 11.6 Å². The molecule has 0 saturated carbocycles. The first-order valence-electron chi connectivity index (χ1n) is 7.04. The summed E-state index contributed by atoms with van der Waals surface area (Å²) in [5, 5.41) is 6.67. The number of halogens is 1. The third-order valence-corrected chi connectivity index (χ3v) is 4.20. The van der Waals surface area contributed by atoms with Gasteiger partial charge in [0.2, 0.25) is 0 Å². The number of amides is 1. The van der Waals surface area contributed by atoms with Crippen LogP contribution in [-0.4, -0.2) is 44.5 Å². The fraction of sp³-hybridized carbons (Fsp3) is 0.533. The van der Waals surface area contributed by atoms with Crippen molar-refractivity contribution in [1.82, 2.24) is 10.2 Å². The van der Waals surface area contributed by atoms with Gasteiger partial charge in [-0.2, -0.15) is 0 Å². The minimum absolute atomic E-state index is 0.0935. The van der Waals surface area contributed by atoms with Crippen LogP contribution in [0, 0.1) is 5.92 Å². The molecule has 2 rings (SSSR count). The summed E-state index contributed by atoms with van der Waals surface area (Å²) in [4.78, 5) is 14.0. The summed E-state index contributed by atoms with van der Waals surface area (Å²) in [5.41, 5.74) is 1.47. The normalized spacial score (nSPS) is 16.9. The number of piperidine rings is 1. The maximum absolute atomic E-state index is 11.6. The summed E-state index contributed by atoms with van der Waals surface area (Å²) in [7, 11) is 3.79. The lowest BCUT2D eigenvalue weighted by atomic mass is 9.97. The highest BCUT2D eigenvalue weighted by molar-refractivity contribution is 6.33. The number of nitrogens with zero attached hydrogens (tertiary/aromatic N) is 1. The minimum Gasteiger partial charge on any atom is -0.384 e. The van der Waals surface area contributed by atoms with Crippen LogP contribution in [0.15, 0.2) is 18.2 Å². The highest BCUT2D eigenvalue weighted by Crippen LogP contribution is 2.24. The van der Waals surface area contributed by atoms with Crippen LogP contribution >= 0.6 is 11.6 Å². The fourth-order valence-electron chi connectivity index (χ4n) is 2.47. The molecule has 1 saturated heterocycles. The number of carbonyl (C=O) groups excluding carboxylic acids is 1. The first-order chi connectivity index (χ1) is 9.60. The molecule has 0 unspecified atom stereocenters. The van der Waals surface area contributed by atoms with Crippen LogP contribution in [0.5, 0.6) is 0 Å². The van der Waals surface area contributed by atoms with Crippen molar-refractivity contribution >= 4 is 23.2 Å². The maximum atomic E-state index is 11.6. The molecule has 20 heavy (non-hydrogen) atoms. The summed E-state index contributed by atoms with van der Waals surface area (Å²) in [6.45, 7) is 3.21. The molecule has 0 spiro atoms. The van der Waals surface area contributed by atoms with Crippen molar-refractivity contribution < 1.29 is 4.79 Å². The van der Waals surface area contributed by atoms with Crippen molar-refractivity contribution in [2.75, 3.05) is 39.0 Å². The van der Waals surface area contributed by atoms with Gasteiger partial charge < -0.3 is 15.5 Å². The predicted molar refractivity (Wildman–Crippen MR) is 83.6 cm³/mol. The lowest BCUT2D eigenvalue weighted by molar-refractivity contribution is 0.0963. The Kier molecular flexibility index (Phi) is 5.26. The van der Waals surface area contributed by atoms with E-state index in [1.807, 2.05) is 6.07 Å². The molecule has 5 heteroatoms. The molecular weight excluding hydrogens is 274 g/mol. The average Bonchev–Trinajstić information content (AvgIpc) is 2.47. The van der Waals surface area contributed by atoms with Crippen molar-refractivity contribution in [2.45, 2.75) is 12.8 Å². The molecule has 1 aromatic carbocycles. The van der Waals surface area contributed by atoms with Crippen LogP contribution in [-0.2, 0) is 0 Å². The van der Waals surface area contributed by atoms with E-state index in [9.17, 15) is 4.79 Å². The molecule has 0 atom stereocenters. The molecule has 1 aliphatic rings. The second-order valence-corrected chi connectivity index (χ2v) is 5.81. The first kappa shape index (κ1) is 15.1. The van der Waals surface area contributed by atoms with E-state index in [1.54, 1.807) is 19.2 Å². The van der Waals surface area contributed by atoms with E-state index in [-0.39, 0.29) is 5.91 Å². The maximum Gasteiger partial charge on any atom is 0.251 e. The zero-order chi connectivity index (χ0) is 14.5. The van der Waals surface area contributed by atoms with Gasteiger partial charge in [-0.3, -0.25) is 4.79 Å². The van der Waals surface area contributed by atoms with Gasteiger partial charge in [-0.25, -0.2) is 0 Å². The zero-order valence-electron chi connectivity index (χ0n) is 12.1. The number of carbonyl (C=O) groups is 1. The monoisotopic (exact) mass is 295 g/mol. The third kappa shape index (κ3) is 3.87. The third-order valence-electron chi connectivity index (χ3n) is 3.87. The Morgan fingerprint density at radius 1 is 1.40 bits per heavy atom. The summed E-state index contributed by atoms with van der Waals surface area (Å²) < 4.78 is 0. The van der Waals surface area contributed by atoms with Crippen molar-refractivity contribution in [3.8, 4) is 0 Å². The number of rotatable bonds is 4. The van der Waals surface area contributed by atoms with Gasteiger partial charge in [-0.05, 0) is 57.1 Å². The molecule has 0 radical (unpaired) electrons. The van der Waals surface area contributed by atoms with E-state index < -0.39 is 0 Å². The zero-order valence-corrected chi connectivity index (χ0v) is 12.8. The smallest absolute Gasteiger partial charge is 0.251 e. The van der Waals surface area contributed by atoms with Crippen molar-refractivity contribution in [3.05, 3.63) is 28.8 Å². The van der Waals surface area contributed by atoms with Crippen LogP contribution in [0.2, 0.25) is 5.02 Å². The number of hydrogen-bond donors (Lipinski definition) is 2. The van der Waals surface area contributed by atoms with Gasteiger partial charge in [0.1, 0.15) is 0 Å². The predicted octanol–water partition coefficient (Wildman–Crippen LogP) is 2.45. The fourth-order valence-corrected chi connectivity index (χ4v) is 2.65. The molecule has 2 N–H and O–H groups in total. The van der Waals surface area contributed by atoms with Gasteiger partial charge in [0, 0.05) is 19.2 Å². The molecule has 0 aliphatic carbocycles. The van der Waals surface area contributed by atoms with Crippen LogP contribution in [0.1, 0.15) is 23.2 Å². The summed E-state index contributed by atoms with van der Waals surface area (Å²) in [6.07, 6.45) is 2.41. The standard InChI is InChI=1S/C15H22ClN3O/c1-17-15(20)12-3-4-13(16)14(9-12)18-10-11-5-7-19(2)8-6-11/h3-4,9,11,18H,5-8,10H2,1-2H3,(H,17,20). The van der Waals surface area contributed by atoms with Crippen LogP contribution in [0.4, 0.5) is 5.69 Å². The Labute approximate surface area is 125 Å². The minimum atomic E-state index is -0.0935. The lowest BCUT2D eigenvalue weighted by Crippen LogP contribution is -2.33. The number of benzene rings is 1. The molecule has 4 nitrogen and oxygen atoms in total. The Morgan fingerprint density at radius 3 is 2.75 bits per heavy atom. The van der Waals surface area contributed by atoms with E-state index in [0.717, 1.165) is 25.3 Å². The quantitative estimate of drug-likeness (QED) is 0.897. The second kappa shape index (κ2) is 6.95. The van der Waals surface area contributed by atoms with Gasteiger partial charge >= 0.3 is 0 Å². The number of likely N-dealkylation sites (tertiary alicyclic amines) is 1. The van der Waals surface area contributed by atoms with Crippen molar-refractivity contribution in [2.24, 2.45) is 5.92 Å². The average molecular weight is 296 g/mol. The molecule has 1 aliphatic heterocycles. The number of hydrogen-bond acceptors (Lipinski definition) is 3. The van der Waals surface area contributed by atoms with Crippen LogP contribution in [0.3, 0.4) is 0 Å². The summed E-state index contributed by atoms with van der Waals surface area (Å²) in [6, 6.07) is 5.32. The largest absolute Gasteiger partial charge is 0.384 e. The molecule has 0 bridgehead atoms. The lowest BCUT2D eigenvalue weighted by Gasteiger charge is -2.29. The molecule has 110 valence electrons. The Morgan fingerprint density at radius 2 is 2.10 bits per heavy atom. The topological polar surface area (TPSA) is 44.4 Å². The summed E-state index contributed by atoms with van der Waals surface area (Å²) in [5.74, 6) is 0.579. The van der Waals surface area contributed by atoms with Gasteiger partial charge in [-0.1, -0.05) is 11.6 Å². The molecular formula is C15H22ClN3O. The second-order valence-electron chi connectivity index (χ2n) is 5.40. The van der Waals surface area contributed by atoms with E-state index in [2.05, 4.69) is 22.6 Å². The summed E-state index contributed by atoms with van der Waals surface area (Å²) >= 11 is 6.18. The number of anilines is 1. The van der Waals surface area contributed by atoms with Gasteiger partial charge in [0.15, 0.2) is 0 Å². The van der Waals surface area contributed by atoms with E-state index in [1.165, 1.54) is 12.8 Å². The Hall–Kier alpha value is -1.26. The molecule has 1 fully saturated rings.